The fourth-order valence-electron chi connectivity index (χ4n) is 0.926. The lowest BCUT2D eigenvalue weighted by Gasteiger charge is -2.22. The van der Waals surface area contributed by atoms with Crippen LogP contribution in [0.25, 0.3) is 0 Å². The number of hydrogen-bond acceptors (Lipinski definition) is 2. The Morgan fingerprint density at radius 1 is 1.07 bits per heavy atom. The molecular weight excluding hydrogens is 174 g/mol. The van der Waals surface area contributed by atoms with Gasteiger partial charge in [-0.15, -0.1) is 0 Å². The SMILES string of the molecule is CC.CC.CNCCC(C)(C)COC. The van der Waals surface area contributed by atoms with Crippen LogP contribution >= 0.6 is 0 Å². The predicted octanol–water partition coefficient (Wildman–Crippen LogP) is 3.32. The number of rotatable bonds is 5. The van der Waals surface area contributed by atoms with E-state index in [9.17, 15) is 0 Å². The summed E-state index contributed by atoms with van der Waals surface area (Å²) in [7, 11) is 3.73. The van der Waals surface area contributed by atoms with Gasteiger partial charge in [-0.05, 0) is 25.4 Å². The van der Waals surface area contributed by atoms with Gasteiger partial charge in [-0.2, -0.15) is 0 Å². The first-order valence-corrected chi connectivity index (χ1v) is 5.76. The Kier molecular flexibility index (Phi) is 21.4. The van der Waals surface area contributed by atoms with E-state index in [2.05, 4.69) is 19.2 Å². The Hall–Kier alpha value is -0.0800. The van der Waals surface area contributed by atoms with E-state index in [1.54, 1.807) is 7.11 Å². The Bertz CT molecular complexity index is 82.4. The summed E-state index contributed by atoms with van der Waals surface area (Å²) in [6.07, 6.45) is 1.16. The molecule has 0 spiro atoms. The molecule has 0 bridgehead atoms. The van der Waals surface area contributed by atoms with Gasteiger partial charge in [0.25, 0.3) is 0 Å². The van der Waals surface area contributed by atoms with Crippen molar-refractivity contribution in [2.75, 3.05) is 27.3 Å². The first-order chi connectivity index (χ1) is 6.62. The molecular formula is C12H31NO. The predicted molar refractivity (Wildman–Crippen MR) is 66.9 cm³/mol. The molecule has 0 unspecified atom stereocenters. The second-order valence-corrected chi connectivity index (χ2v) is 3.45. The van der Waals surface area contributed by atoms with Crippen LogP contribution in [0, 0.1) is 5.41 Å². The summed E-state index contributed by atoms with van der Waals surface area (Å²) in [5.41, 5.74) is 0.317. The van der Waals surface area contributed by atoms with E-state index in [4.69, 9.17) is 4.74 Å². The van der Waals surface area contributed by atoms with Crippen molar-refractivity contribution in [2.24, 2.45) is 5.41 Å². The minimum absolute atomic E-state index is 0.317. The van der Waals surface area contributed by atoms with Crippen molar-refractivity contribution in [1.82, 2.24) is 5.32 Å². The van der Waals surface area contributed by atoms with E-state index < -0.39 is 0 Å². The summed E-state index contributed by atoms with van der Waals surface area (Å²) in [6.45, 7) is 14.3. The molecule has 0 aromatic carbocycles. The van der Waals surface area contributed by atoms with E-state index >= 15 is 0 Å². The third-order valence-electron chi connectivity index (χ3n) is 1.59. The van der Waals surface area contributed by atoms with Crippen molar-refractivity contribution in [2.45, 2.75) is 48.0 Å². The maximum absolute atomic E-state index is 5.08. The molecule has 0 radical (unpaired) electrons. The van der Waals surface area contributed by atoms with Crippen molar-refractivity contribution in [3.8, 4) is 0 Å². The zero-order valence-corrected chi connectivity index (χ0v) is 11.5. The van der Waals surface area contributed by atoms with Gasteiger partial charge in [0, 0.05) is 7.11 Å². The van der Waals surface area contributed by atoms with Gasteiger partial charge < -0.3 is 10.1 Å². The molecule has 0 saturated carbocycles. The molecule has 0 aromatic heterocycles. The summed E-state index contributed by atoms with van der Waals surface area (Å²) < 4.78 is 5.08. The van der Waals surface area contributed by atoms with Gasteiger partial charge in [-0.3, -0.25) is 0 Å². The molecule has 0 atom stereocenters. The first-order valence-electron chi connectivity index (χ1n) is 5.76. The number of nitrogens with one attached hydrogen (secondary N) is 1. The maximum atomic E-state index is 5.08. The maximum Gasteiger partial charge on any atom is 0.0513 e. The lowest BCUT2D eigenvalue weighted by molar-refractivity contribution is 0.0987. The third kappa shape index (κ3) is 17.9. The smallest absolute Gasteiger partial charge is 0.0513 e. The van der Waals surface area contributed by atoms with Crippen LogP contribution in [-0.4, -0.2) is 27.3 Å². The monoisotopic (exact) mass is 205 g/mol. The summed E-state index contributed by atoms with van der Waals surface area (Å²) in [4.78, 5) is 0. The van der Waals surface area contributed by atoms with E-state index in [0.717, 1.165) is 19.6 Å². The molecule has 1 N–H and O–H groups in total. The van der Waals surface area contributed by atoms with Gasteiger partial charge in [0.1, 0.15) is 0 Å². The van der Waals surface area contributed by atoms with E-state index in [0.29, 0.717) is 5.41 Å². The minimum Gasteiger partial charge on any atom is -0.384 e. The molecule has 90 valence electrons. The highest BCUT2D eigenvalue weighted by Gasteiger charge is 2.15. The molecule has 0 amide bonds. The van der Waals surface area contributed by atoms with Gasteiger partial charge in [0.2, 0.25) is 0 Å². The van der Waals surface area contributed by atoms with Gasteiger partial charge in [0.05, 0.1) is 6.61 Å². The van der Waals surface area contributed by atoms with Crippen LogP contribution in [0.15, 0.2) is 0 Å². The molecule has 0 aliphatic carbocycles. The van der Waals surface area contributed by atoms with E-state index in [1.807, 2.05) is 34.7 Å². The van der Waals surface area contributed by atoms with Crippen LogP contribution in [0.3, 0.4) is 0 Å². The summed E-state index contributed by atoms with van der Waals surface area (Å²) in [6, 6.07) is 0. The molecule has 0 rings (SSSR count). The fraction of sp³-hybridized carbons (Fsp3) is 1.00. The van der Waals surface area contributed by atoms with Gasteiger partial charge in [-0.25, -0.2) is 0 Å². The molecule has 0 aromatic rings. The average molecular weight is 205 g/mol. The van der Waals surface area contributed by atoms with Gasteiger partial charge >= 0.3 is 0 Å². The molecule has 0 aliphatic rings. The summed E-state index contributed by atoms with van der Waals surface area (Å²) in [5.74, 6) is 0. The van der Waals surface area contributed by atoms with Crippen LogP contribution in [0.1, 0.15) is 48.0 Å². The van der Waals surface area contributed by atoms with Crippen LogP contribution in [0.2, 0.25) is 0 Å². The number of ether oxygens (including phenoxy) is 1. The second-order valence-electron chi connectivity index (χ2n) is 3.45. The standard InChI is InChI=1S/C8H19NO.2C2H6/c1-8(2,7-10-4)5-6-9-3;2*1-2/h9H,5-7H2,1-4H3;2*1-2H3. The molecule has 2 nitrogen and oxygen atoms in total. The Balaban J connectivity index is -0.000000266. The minimum atomic E-state index is 0.317. The first kappa shape index (κ1) is 19.5. The second kappa shape index (κ2) is 15.4. The lowest BCUT2D eigenvalue weighted by Crippen LogP contribution is -2.23. The zero-order valence-electron chi connectivity index (χ0n) is 11.5. The molecule has 0 saturated heterocycles. The third-order valence-corrected chi connectivity index (χ3v) is 1.59. The van der Waals surface area contributed by atoms with E-state index in [-0.39, 0.29) is 0 Å². The van der Waals surface area contributed by atoms with Crippen LogP contribution in [-0.2, 0) is 4.74 Å². The van der Waals surface area contributed by atoms with Crippen LogP contribution in [0.5, 0.6) is 0 Å². The number of hydrogen-bond donors (Lipinski definition) is 1. The normalized spacial score (nSPS) is 9.43. The molecule has 0 aliphatic heterocycles. The van der Waals surface area contributed by atoms with Crippen molar-refractivity contribution in [3.63, 3.8) is 0 Å². The highest BCUT2D eigenvalue weighted by Crippen LogP contribution is 2.18. The fourth-order valence-corrected chi connectivity index (χ4v) is 0.926. The highest BCUT2D eigenvalue weighted by atomic mass is 16.5. The van der Waals surface area contributed by atoms with Gasteiger partial charge in [0.15, 0.2) is 0 Å². The Labute approximate surface area is 91.4 Å². The summed E-state index contributed by atoms with van der Waals surface area (Å²) >= 11 is 0. The highest BCUT2D eigenvalue weighted by molar-refractivity contribution is 4.67. The summed E-state index contributed by atoms with van der Waals surface area (Å²) in [5, 5.41) is 3.13. The molecule has 2 heteroatoms. The Morgan fingerprint density at radius 2 is 1.50 bits per heavy atom. The lowest BCUT2D eigenvalue weighted by atomic mass is 9.90. The van der Waals surface area contributed by atoms with Gasteiger partial charge in [-0.1, -0.05) is 41.5 Å². The largest absolute Gasteiger partial charge is 0.384 e. The molecule has 0 fully saturated rings. The van der Waals surface area contributed by atoms with Crippen LogP contribution in [0.4, 0.5) is 0 Å². The molecule has 0 heterocycles. The quantitative estimate of drug-likeness (QED) is 0.743. The van der Waals surface area contributed by atoms with E-state index in [1.165, 1.54) is 0 Å². The molecule has 14 heavy (non-hydrogen) atoms. The Morgan fingerprint density at radius 3 is 1.79 bits per heavy atom. The zero-order chi connectivity index (χ0) is 12.0. The topological polar surface area (TPSA) is 21.3 Å². The average Bonchev–Trinajstić information content (AvgIpc) is 2.21. The van der Waals surface area contributed by atoms with Crippen LogP contribution < -0.4 is 5.32 Å². The van der Waals surface area contributed by atoms with Crippen molar-refractivity contribution in [1.29, 1.82) is 0 Å². The van der Waals surface area contributed by atoms with Crippen molar-refractivity contribution < 1.29 is 4.74 Å². The number of methoxy groups -OCH3 is 1. The van der Waals surface area contributed by atoms with Crippen molar-refractivity contribution in [3.05, 3.63) is 0 Å². The van der Waals surface area contributed by atoms with Crippen molar-refractivity contribution >= 4 is 0 Å².